The van der Waals surface area contributed by atoms with Gasteiger partial charge in [0.1, 0.15) is 11.9 Å². The lowest BCUT2D eigenvalue weighted by atomic mass is 10.2. The summed E-state index contributed by atoms with van der Waals surface area (Å²) in [6, 6.07) is 4.43. The molecule has 0 saturated carbocycles. The van der Waals surface area contributed by atoms with Crippen LogP contribution >= 0.6 is 0 Å². The molecule has 1 heterocycles. The predicted octanol–water partition coefficient (Wildman–Crippen LogP) is -0.577. The van der Waals surface area contributed by atoms with Gasteiger partial charge in [0.05, 0.1) is 22.7 Å². The first kappa shape index (κ1) is 13.9. The van der Waals surface area contributed by atoms with E-state index < -0.39 is 28.0 Å². The van der Waals surface area contributed by atoms with Crippen molar-refractivity contribution in [2.45, 2.75) is 17.1 Å². The highest BCUT2D eigenvalue weighted by molar-refractivity contribution is 7.89. The van der Waals surface area contributed by atoms with Crippen molar-refractivity contribution < 1.29 is 23.0 Å². The Kier molecular flexibility index (Phi) is 3.56. The molecule has 6 nitrogen and oxygen atoms in total. The fraction of sp³-hybridized carbons (Fsp3) is 0.364. The molecule has 1 fully saturated rings. The minimum Gasteiger partial charge on any atom is -0.389 e. The average molecular weight is 286 g/mol. The molecule has 1 aromatic rings. The lowest BCUT2D eigenvalue weighted by Crippen LogP contribution is -2.30. The van der Waals surface area contributed by atoms with Gasteiger partial charge in [-0.15, -0.1) is 0 Å². The normalized spacial score (nSPS) is 24.3. The number of aliphatic hydroxyl groups excluding tert-OH is 2. The van der Waals surface area contributed by atoms with Gasteiger partial charge in [-0.2, -0.15) is 9.57 Å². The summed E-state index contributed by atoms with van der Waals surface area (Å²) in [6.07, 6.45) is -2.30. The summed E-state index contributed by atoms with van der Waals surface area (Å²) in [4.78, 5) is -0.244. The predicted molar refractivity (Wildman–Crippen MR) is 61.9 cm³/mol. The maximum absolute atomic E-state index is 13.1. The molecule has 0 aliphatic carbocycles. The molecule has 0 amide bonds. The number of benzene rings is 1. The molecule has 19 heavy (non-hydrogen) atoms. The molecular weight excluding hydrogens is 275 g/mol. The number of sulfonamides is 1. The van der Waals surface area contributed by atoms with Crippen molar-refractivity contribution in [1.82, 2.24) is 4.31 Å². The summed E-state index contributed by atoms with van der Waals surface area (Å²) in [7, 11) is -3.96. The van der Waals surface area contributed by atoms with Gasteiger partial charge in [-0.1, -0.05) is 0 Å². The first-order valence-corrected chi connectivity index (χ1v) is 6.86. The minimum absolute atomic E-state index is 0.233. The highest BCUT2D eigenvalue weighted by Crippen LogP contribution is 2.23. The first-order valence-electron chi connectivity index (χ1n) is 5.42. The van der Waals surface area contributed by atoms with Crippen LogP contribution in [-0.4, -0.2) is 48.2 Å². The number of β-amino-alcohol motifs (C(OH)–C–C–N with tert-alkyl or cyclic N) is 2. The number of nitriles is 1. The number of halogens is 1. The zero-order valence-electron chi connectivity index (χ0n) is 9.69. The molecule has 1 saturated heterocycles. The van der Waals surface area contributed by atoms with Crippen LogP contribution in [-0.2, 0) is 10.0 Å². The number of nitrogens with zero attached hydrogens (tertiary/aromatic N) is 2. The third-order valence-corrected chi connectivity index (χ3v) is 4.75. The third-order valence-electron chi connectivity index (χ3n) is 2.92. The summed E-state index contributed by atoms with van der Waals surface area (Å²) >= 11 is 0. The third kappa shape index (κ3) is 2.46. The Morgan fingerprint density at radius 1 is 1.32 bits per heavy atom. The Balaban J connectivity index is 2.38. The molecule has 0 radical (unpaired) electrons. The molecular formula is C11H11FN2O4S. The van der Waals surface area contributed by atoms with Crippen LogP contribution in [0.1, 0.15) is 5.56 Å². The van der Waals surface area contributed by atoms with Gasteiger partial charge in [0.25, 0.3) is 0 Å². The van der Waals surface area contributed by atoms with Crippen LogP contribution in [0.3, 0.4) is 0 Å². The van der Waals surface area contributed by atoms with E-state index in [1.807, 2.05) is 0 Å². The fourth-order valence-electron chi connectivity index (χ4n) is 1.83. The quantitative estimate of drug-likeness (QED) is 0.757. The van der Waals surface area contributed by atoms with Gasteiger partial charge in [-0.25, -0.2) is 12.8 Å². The van der Waals surface area contributed by atoms with Crippen LogP contribution in [0.15, 0.2) is 23.1 Å². The second-order valence-electron chi connectivity index (χ2n) is 4.21. The van der Waals surface area contributed by atoms with E-state index in [9.17, 15) is 23.0 Å². The van der Waals surface area contributed by atoms with E-state index in [-0.39, 0.29) is 23.5 Å². The van der Waals surface area contributed by atoms with E-state index in [1.165, 1.54) is 0 Å². The first-order chi connectivity index (χ1) is 8.86. The standard InChI is InChI=1S/C11H11FN2O4S/c12-9-2-1-8(3-7(9)4-13)19(17,18)14-5-10(15)11(16)6-14/h1-3,10-11,15-16H,5-6H2. The molecule has 0 aromatic heterocycles. The van der Waals surface area contributed by atoms with Crippen molar-refractivity contribution in [3.05, 3.63) is 29.6 Å². The monoisotopic (exact) mass is 286 g/mol. The number of hydrogen-bond acceptors (Lipinski definition) is 5. The maximum atomic E-state index is 13.1. The van der Waals surface area contributed by atoms with Gasteiger partial charge in [-0.3, -0.25) is 0 Å². The van der Waals surface area contributed by atoms with Gasteiger partial charge < -0.3 is 10.2 Å². The zero-order chi connectivity index (χ0) is 14.2. The van der Waals surface area contributed by atoms with Crippen molar-refractivity contribution in [2.24, 2.45) is 0 Å². The Bertz CT molecular complexity index is 631. The molecule has 8 heteroatoms. The Morgan fingerprint density at radius 2 is 1.89 bits per heavy atom. The van der Waals surface area contributed by atoms with Crippen molar-refractivity contribution in [3.63, 3.8) is 0 Å². The fourth-order valence-corrected chi connectivity index (χ4v) is 3.33. The van der Waals surface area contributed by atoms with E-state index in [0.717, 1.165) is 22.5 Å². The molecule has 2 atom stereocenters. The molecule has 0 spiro atoms. The van der Waals surface area contributed by atoms with Crippen molar-refractivity contribution in [3.8, 4) is 6.07 Å². The largest absolute Gasteiger partial charge is 0.389 e. The minimum atomic E-state index is -3.96. The van der Waals surface area contributed by atoms with Crippen LogP contribution in [0.25, 0.3) is 0 Å². The van der Waals surface area contributed by atoms with E-state index in [2.05, 4.69) is 0 Å². The maximum Gasteiger partial charge on any atom is 0.243 e. The van der Waals surface area contributed by atoms with Crippen LogP contribution in [0.2, 0.25) is 0 Å². The summed E-state index contributed by atoms with van der Waals surface area (Å²) < 4.78 is 38.4. The van der Waals surface area contributed by atoms with Crippen LogP contribution in [0, 0.1) is 17.1 Å². The Labute approximate surface area is 109 Å². The van der Waals surface area contributed by atoms with Crippen molar-refractivity contribution >= 4 is 10.0 Å². The van der Waals surface area contributed by atoms with Crippen molar-refractivity contribution in [2.75, 3.05) is 13.1 Å². The second kappa shape index (κ2) is 4.86. The van der Waals surface area contributed by atoms with Crippen LogP contribution in [0.5, 0.6) is 0 Å². The summed E-state index contributed by atoms with van der Waals surface area (Å²) in [5, 5.41) is 27.4. The Morgan fingerprint density at radius 3 is 2.42 bits per heavy atom. The van der Waals surface area contributed by atoms with E-state index in [1.54, 1.807) is 6.07 Å². The van der Waals surface area contributed by atoms with Gasteiger partial charge in [0, 0.05) is 13.1 Å². The van der Waals surface area contributed by atoms with Crippen LogP contribution in [0.4, 0.5) is 4.39 Å². The van der Waals surface area contributed by atoms with Crippen LogP contribution < -0.4 is 0 Å². The zero-order valence-corrected chi connectivity index (χ0v) is 10.5. The van der Waals surface area contributed by atoms with E-state index in [0.29, 0.717) is 0 Å². The molecule has 0 bridgehead atoms. The van der Waals surface area contributed by atoms with Gasteiger partial charge in [0.2, 0.25) is 10.0 Å². The lowest BCUT2D eigenvalue weighted by molar-refractivity contribution is 0.0572. The molecule has 102 valence electrons. The summed E-state index contributed by atoms with van der Waals surface area (Å²) in [6.45, 7) is -0.467. The smallest absolute Gasteiger partial charge is 0.243 e. The molecule has 2 N–H and O–H groups in total. The van der Waals surface area contributed by atoms with Gasteiger partial charge in [0.15, 0.2) is 0 Å². The number of aliphatic hydroxyl groups is 2. The SMILES string of the molecule is N#Cc1cc(S(=O)(=O)N2CC(O)C(O)C2)ccc1F. The molecule has 2 unspecified atom stereocenters. The molecule has 1 aromatic carbocycles. The molecule has 2 rings (SSSR count). The lowest BCUT2D eigenvalue weighted by Gasteiger charge is -2.15. The molecule has 1 aliphatic heterocycles. The second-order valence-corrected chi connectivity index (χ2v) is 6.15. The summed E-state index contributed by atoms with van der Waals surface area (Å²) in [5.41, 5.74) is -0.374. The van der Waals surface area contributed by atoms with Gasteiger partial charge >= 0.3 is 0 Å². The summed E-state index contributed by atoms with van der Waals surface area (Å²) in [5.74, 6) is -0.803. The topological polar surface area (TPSA) is 102 Å². The number of rotatable bonds is 2. The van der Waals surface area contributed by atoms with Gasteiger partial charge in [-0.05, 0) is 18.2 Å². The average Bonchev–Trinajstić information content (AvgIpc) is 2.70. The van der Waals surface area contributed by atoms with E-state index in [4.69, 9.17) is 5.26 Å². The van der Waals surface area contributed by atoms with Crippen molar-refractivity contribution in [1.29, 1.82) is 5.26 Å². The van der Waals surface area contributed by atoms with E-state index >= 15 is 0 Å². The highest BCUT2D eigenvalue weighted by atomic mass is 32.2. The number of hydrogen-bond donors (Lipinski definition) is 2. The highest BCUT2D eigenvalue weighted by Gasteiger charge is 2.37. The Hall–Kier alpha value is -1.53. The molecule has 1 aliphatic rings.